The molecule has 1 saturated carbocycles. The Morgan fingerprint density at radius 1 is 1.33 bits per heavy atom. The molecule has 0 spiro atoms. The van der Waals surface area contributed by atoms with Crippen LogP contribution in [0.15, 0.2) is 22.8 Å². The average Bonchev–Trinajstić information content (AvgIpc) is 2.81. The predicted molar refractivity (Wildman–Crippen MR) is 62.1 cm³/mol. The summed E-state index contributed by atoms with van der Waals surface area (Å²) in [6.07, 6.45) is -0.246. The van der Waals surface area contributed by atoms with Gasteiger partial charge in [0.05, 0.1) is 18.2 Å². The summed E-state index contributed by atoms with van der Waals surface area (Å²) >= 11 is 0. The summed E-state index contributed by atoms with van der Waals surface area (Å²) in [7, 11) is 0. The number of nitrogens with one attached hydrogen (secondary N) is 1. The van der Waals surface area contributed by atoms with E-state index >= 15 is 0 Å². The number of halogens is 3. The second kappa shape index (κ2) is 5.34. The van der Waals surface area contributed by atoms with Crippen molar-refractivity contribution in [1.82, 2.24) is 5.32 Å². The maximum absolute atomic E-state index is 12.9. The summed E-state index contributed by atoms with van der Waals surface area (Å²) in [6.45, 7) is 1.83. The lowest BCUT2D eigenvalue weighted by atomic mass is 9.83. The minimum Gasteiger partial charge on any atom is -0.468 e. The van der Waals surface area contributed by atoms with E-state index in [0.717, 1.165) is 6.42 Å². The number of furan rings is 1. The van der Waals surface area contributed by atoms with Gasteiger partial charge in [0.1, 0.15) is 5.76 Å². The van der Waals surface area contributed by atoms with Crippen molar-refractivity contribution in [1.29, 1.82) is 0 Å². The Morgan fingerprint density at radius 3 is 2.67 bits per heavy atom. The van der Waals surface area contributed by atoms with Crippen molar-refractivity contribution in [2.75, 3.05) is 0 Å². The maximum atomic E-state index is 12.9. The van der Waals surface area contributed by atoms with Gasteiger partial charge in [-0.3, -0.25) is 0 Å². The van der Waals surface area contributed by atoms with Crippen LogP contribution in [0.25, 0.3) is 0 Å². The molecular formula is C13H18F3NO. The normalized spacial score (nSPS) is 27.1. The van der Waals surface area contributed by atoms with Gasteiger partial charge in [0.15, 0.2) is 0 Å². The molecular weight excluding hydrogens is 243 g/mol. The quantitative estimate of drug-likeness (QED) is 0.888. The van der Waals surface area contributed by atoms with Crippen LogP contribution in [0.5, 0.6) is 0 Å². The predicted octanol–water partition coefficient (Wildman–Crippen LogP) is 4.05. The van der Waals surface area contributed by atoms with Gasteiger partial charge in [0.25, 0.3) is 0 Å². The van der Waals surface area contributed by atoms with E-state index in [1.807, 2.05) is 6.92 Å². The molecule has 0 saturated heterocycles. The summed E-state index contributed by atoms with van der Waals surface area (Å²) in [5.74, 6) is -0.551. The molecule has 1 aliphatic carbocycles. The summed E-state index contributed by atoms with van der Waals surface area (Å²) in [4.78, 5) is 0. The standard InChI is InChI=1S/C13H18F3NO/c1-9(12-7-4-8-18-12)17-11-6-3-2-5-10(11)13(14,15)16/h4,7-11,17H,2-3,5-6H2,1H3/t9-,10?,11?/m0/s1. The van der Waals surface area contributed by atoms with E-state index in [4.69, 9.17) is 4.42 Å². The lowest BCUT2D eigenvalue weighted by Gasteiger charge is -2.35. The van der Waals surface area contributed by atoms with Gasteiger partial charge in [-0.1, -0.05) is 12.8 Å². The first kappa shape index (κ1) is 13.5. The molecule has 1 aromatic heterocycles. The fourth-order valence-corrected chi connectivity index (χ4v) is 2.66. The summed E-state index contributed by atoms with van der Waals surface area (Å²) in [5, 5.41) is 3.06. The van der Waals surface area contributed by atoms with Gasteiger partial charge in [-0.2, -0.15) is 13.2 Å². The highest BCUT2D eigenvalue weighted by atomic mass is 19.4. The Morgan fingerprint density at radius 2 is 2.06 bits per heavy atom. The SMILES string of the molecule is C[C@H](NC1CCCCC1C(F)(F)F)c1ccco1. The van der Waals surface area contributed by atoms with Gasteiger partial charge in [0, 0.05) is 6.04 Å². The van der Waals surface area contributed by atoms with E-state index < -0.39 is 18.1 Å². The monoisotopic (exact) mass is 261 g/mol. The molecule has 0 amide bonds. The molecule has 1 fully saturated rings. The molecule has 1 aliphatic rings. The minimum absolute atomic E-state index is 0.187. The molecule has 2 nitrogen and oxygen atoms in total. The van der Waals surface area contributed by atoms with Crippen LogP contribution >= 0.6 is 0 Å². The minimum atomic E-state index is -4.11. The van der Waals surface area contributed by atoms with Gasteiger partial charge in [-0.15, -0.1) is 0 Å². The van der Waals surface area contributed by atoms with Crippen LogP contribution in [0.4, 0.5) is 13.2 Å². The lowest BCUT2D eigenvalue weighted by molar-refractivity contribution is -0.189. The molecule has 0 aliphatic heterocycles. The van der Waals surface area contributed by atoms with E-state index in [-0.39, 0.29) is 12.5 Å². The number of alkyl halides is 3. The van der Waals surface area contributed by atoms with E-state index in [1.54, 1.807) is 12.1 Å². The fraction of sp³-hybridized carbons (Fsp3) is 0.692. The number of hydrogen-bond acceptors (Lipinski definition) is 2. The molecule has 2 unspecified atom stereocenters. The van der Waals surface area contributed by atoms with Crippen molar-refractivity contribution in [3.05, 3.63) is 24.2 Å². The van der Waals surface area contributed by atoms with Crippen LogP contribution in [0.3, 0.4) is 0 Å². The van der Waals surface area contributed by atoms with Crippen LogP contribution < -0.4 is 5.32 Å². The number of hydrogen-bond donors (Lipinski definition) is 1. The van der Waals surface area contributed by atoms with Gasteiger partial charge in [0.2, 0.25) is 0 Å². The third kappa shape index (κ3) is 3.07. The Bertz CT molecular complexity index is 361. The first-order valence-electron chi connectivity index (χ1n) is 6.34. The van der Waals surface area contributed by atoms with Crippen molar-refractivity contribution in [2.45, 2.75) is 50.9 Å². The highest BCUT2D eigenvalue weighted by Gasteiger charge is 2.45. The van der Waals surface area contributed by atoms with Crippen molar-refractivity contribution >= 4 is 0 Å². The zero-order valence-electron chi connectivity index (χ0n) is 10.3. The van der Waals surface area contributed by atoms with Gasteiger partial charge in [-0.05, 0) is 31.9 Å². The third-order valence-corrected chi connectivity index (χ3v) is 3.62. The van der Waals surface area contributed by atoms with Crippen LogP contribution in [-0.2, 0) is 0 Å². The van der Waals surface area contributed by atoms with Crippen molar-refractivity contribution in [3.8, 4) is 0 Å². The Kier molecular flexibility index (Phi) is 4.00. The van der Waals surface area contributed by atoms with E-state index in [0.29, 0.717) is 18.6 Å². The smallest absolute Gasteiger partial charge is 0.393 e. The molecule has 0 bridgehead atoms. The molecule has 0 radical (unpaired) electrons. The number of rotatable bonds is 3. The summed E-state index contributed by atoms with van der Waals surface area (Å²) in [5.41, 5.74) is 0. The topological polar surface area (TPSA) is 25.2 Å². The van der Waals surface area contributed by atoms with E-state index in [2.05, 4.69) is 5.32 Å². The molecule has 1 aromatic rings. The molecule has 5 heteroatoms. The zero-order valence-corrected chi connectivity index (χ0v) is 10.3. The highest BCUT2D eigenvalue weighted by molar-refractivity contribution is 5.04. The molecule has 0 aromatic carbocycles. The molecule has 102 valence electrons. The second-order valence-corrected chi connectivity index (χ2v) is 4.94. The fourth-order valence-electron chi connectivity index (χ4n) is 2.66. The highest BCUT2D eigenvalue weighted by Crippen LogP contribution is 2.38. The zero-order chi connectivity index (χ0) is 13.2. The van der Waals surface area contributed by atoms with Crippen LogP contribution in [-0.4, -0.2) is 12.2 Å². The van der Waals surface area contributed by atoms with Crippen molar-refractivity contribution < 1.29 is 17.6 Å². The first-order valence-corrected chi connectivity index (χ1v) is 6.34. The van der Waals surface area contributed by atoms with Crippen LogP contribution in [0.1, 0.15) is 44.4 Å². The Balaban J connectivity index is 2.01. The van der Waals surface area contributed by atoms with Gasteiger partial charge in [-0.25, -0.2) is 0 Å². The summed E-state index contributed by atoms with van der Waals surface area (Å²) < 4.78 is 44.0. The Labute approximate surface area is 105 Å². The van der Waals surface area contributed by atoms with E-state index in [9.17, 15) is 13.2 Å². The largest absolute Gasteiger partial charge is 0.468 e. The van der Waals surface area contributed by atoms with Gasteiger partial charge >= 0.3 is 6.18 Å². The lowest BCUT2D eigenvalue weighted by Crippen LogP contribution is -2.46. The van der Waals surface area contributed by atoms with Gasteiger partial charge < -0.3 is 9.73 Å². The van der Waals surface area contributed by atoms with Crippen molar-refractivity contribution in [3.63, 3.8) is 0 Å². The van der Waals surface area contributed by atoms with Crippen LogP contribution in [0.2, 0.25) is 0 Å². The Hall–Kier alpha value is -0.970. The first-order chi connectivity index (χ1) is 8.48. The molecule has 18 heavy (non-hydrogen) atoms. The van der Waals surface area contributed by atoms with Crippen molar-refractivity contribution in [2.24, 2.45) is 5.92 Å². The molecule has 1 heterocycles. The molecule has 3 atom stereocenters. The second-order valence-electron chi connectivity index (χ2n) is 4.94. The third-order valence-electron chi connectivity index (χ3n) is 3.62. The maximum Gasteiger partial charge on any atom is 0.393 e. The molecule has 1 N–H and O–H groups in total. The van der Waals surface area contributed by atoms with Crippen LogP contribution in [0, 0.1) is 5.92 Å². The molecule has 2 rings (SSSR count). The summed E-state index contributed by atoms with van der Waals surface area (Å²) in [6, 6.07) is 2.84. The van der Waals surface area contributed by atoms with E-state index in [1.165, 1.54) is 6.26 Å². The average molecular weight is 261 g/mol.